The molecule has 1 amide bonds. The SMILES string of the molecule is CCC(NC(=O)C1Nc2cc(N)c(C(=N)c3ccncc3)cc2N1)c1ccccc1. The van der Waals surface area contributed by atoms with E-state index in [1.54, 1.807) is 30.6 Å². The smallest absolute Gasteiger partial charge is 0.263 e. The van der Waals surface area contributed by atoms with Crippen molar-refractivity contribution in [1.82, 2.24) is 10.3 Å². The van der Waals surface area contributed by atoms with E-state index in [-0.39, 0.29) is 11.9 Å². The number of benzene rings is 2. The maximum Gasteiger partial charge on any atom is 0.263 e. The second-order valence-corrected chi connectivity index (χ2v) is 7.20. The molecule has 6 N–H and O–H groups in total. The molecular formula is C23H24N6O. The molecule has 4 rings (SSSR count). The summed E-state index contributed by atoms with van der Waals surface area (Å²) in [4.78, 5) is 16.9. The lowest BCUT2D eigenvalue weighted by Gasteiger charge is -2.20. The third-order valence-electron chi connectivity index (χ3n) is 5.22. The van der Waals surface area contributed by atoms with Gasteiger partial charge >= 0.3 is 0 Å². The van der Waals surface area contributed by atoms with E-state index in [2.05, 4.69) is 20.9 Å². The number of amides is 1. The van der Waals surface area contributed by atoms with Gasteiger partial charge in [-0.3, -0.25) is 15.2 Å². The van der Waals surface area contributed by atoms with Crippen LogP contribution < -0.4 is 21.7 Å². The summed E-state index contributed by atoms with van der Waals surface area (Å²) in [6.45, 7) is 2.04. The Hall–Kier alpha value is -3.87. The first-order chi connectivity index (χ1) is 14.6. The van der Waals surface area contributed by atoms with Crippen LogP contribution in [0.25, 0.3) is 0 Å². The van der Waals surface area contributed by atoms with Crippen LogP contribution in [0.5, 0.6) is 0 Å². The fraction of sp³-hybridized carbons (Fsp3) is 0.174. The van der Waals surface area contributed by atoms with Crippen LogP contribution in [0.1, 0.15) is 36.1 Å². The molecule has 2 aromatic carbocycles. The van der Waals surface area contributed by atoms with E-state index in [1.165, 1.54) is 0 Å². The van der Waals surface area contributed by atoms with Crippen molar-refractivity contribution in [2.45, 2.75) is 25.6 Å². The van der Waals surface area contributed by atoms with E-state index >= 15 is 0 Å². The van der Waals surface area contributed by atoms with Gasteiger partial charge in [-0.15, -0.1) is 0 Å². The lowest BCUT2D eigenvalue weighted by Crippen LogP contribution is -2.43. The van der Waals surface area contributed by atoms with Gasteiger partial charge in [0, 0.05) is 29.2 Å². The Bertz CT molecular complexity index is 1070. The van der Waals surface area contributed by atoms with E-state index in [1.807, 2.05) is 43.3 Å². The Labute approximate surface area is 175 Å². The number of nitrogens with one attached hydrogen (secondary N) is 4. The van der Waals surface area contributed by atoms with Gasteiger partial charge in [0.25, 0.3) is 5.91 Å². The molecule has 2 atom stereocenters. The standard InChI is InChI=1S/C23H24N6O/c1-2-18(14-6-4-3-5-7-14)29-23(30)22-27-19-12-16(17(24)13-20(19)28-22)21(25)15-8-10-26-11-9-15/h3-13,18,22,25,27-28H,2,24H2,1H3,(H,29,30). The number of nitrogens with zero attached hydrogens (tertiary/aromatic N) is 1. The number of pyridine rings is 1. The Balaban J connectivity index is 1.50. The predicted octanol–water partition coefficient (Wildman–Crippen LogP) is 3.51. The zero-order chi connectivity index (χ0) is 21.1. The molecule has 2 unspecified atom stereocenters. The molecule has 0 saturated carbocycles. The number of anilines is 3. The Kier molecular flexibility index (Phi) is 5.34. The first-order valence-corrected chi connectivity index (χ1v) is 9.88. The van der Waals surface area contributed by atoms with Crippen molar-refractivity contribution in [3.05, 3.63) is 83.7 Å². The number of nitrogens with two attached hydrogens (primary N) is 1. The highest BCUT2D eigenvalue weighted by molar-refractivity contribution is 6.15. The molecule has 3 aromatic rings. The zero-order valence-electron chi connectivity index (χ0n) is 16.6. The van der Waals surface area contributed by atoms with Gasteiger partial charge in [-0.2, -0.15) is 0 Å². The molecule has 0 bridgehead atoms. The summed E-state index contributed by atoms with van der Waals surface area (Å²) >= 11 is 0. The van der Waals surface area contributed by atoms with E-state index < -0.39 is 6.17 Å². The number of carbonyl (C=O) groups excluding carboxylic acids is 1. The van der Waals surface area contributed by atoms with Crippen molar-refractivity contribution in [2.24, 2.45) is 0 Å². The van der Waals surface area contributed by atoms with Crippen molar-refractivity contribution >= 4 is 28.7 Å². The third-order valence-corrected chi connectivity index (χ3v) is 5.22. The maximum atomic E-state index is 12.9. The summed E-state index contributed by atoms with van der Waals surface area (Å²) < 4.78 is 0. The number of rotatable bonds is 6. The number of nitrogen functional groups attached to an aromatic ring is 1. The van der Waals surface area contributed by atoms with Gasteiger partial charge in [-0.25, -0.2) is 0 Å². The molecule has 1 aliphatic heterocycles. The molecule has 1 aliphatic rings. The summed E-state index contributed by atoms with van der Waals surface area (Å²) in [6, 6.07) is 17.0. The van der Waals surface area contributed by atoms with Gasteiger partial charge in [0.05, 0.1) is 23.1 Å². The third kappa shape index (κ3) is 3.82. The number of carbonyl (C=O) groups is 1. The minimum absolute atomic E-state index is 0.0634. The zero-order valence-corrected chi connectivity index (χ0v) is 16.6. The number of hydrogen-bond acceptors (Lipinski definition) is 6. The van der Waals surface area contributed by atoms with Crippen molar-refractivity contribution in [3.8, 4) is 0 Å². The first kappa shape index (κ1) is 19.4. The molecule has 7 nitrogen and oxygen atoms in total. The van der Waals surface area contributed by atoms with Crippen LogP contribution >= 0.6 is 0 Å². The summed E-state index contributed by atoms with van der Waals surface area (Å²) in [5.74, 6) is -0.147. The summed E-state index contributed by atoms with van der Waals surface area (Å²) in [5.41, 5.74) is 10.9. The molecule has 7 heteroatoms. The molecule has 1 aromatic heterocycles. The van der Waals surface area contributed by atoms with Gasteiger partial charge < -0.3 is 21.7 Å². The van der Waals surface area contributed by atoms with Gasteiger partial charge in [-0.05, 0) is 36.2 Å². The molecule has 0 fully saturated rings. The first-order valence-electron chi connectivity index (χ1n) is 9.88. The molecule has 0 aliphatic carbocycles. The van der Waals surface area contributed by atoms with Crippen LogP contribution in [0.4, 0.5) is 17.1 Å². The fourth-order valence-corrected chi connectivity index (χ4v) is 3.59. The highest BCUT2D eigenvalue weighted by Gasteiger charge is 2.28. The van der Waals surface area contributed by atoms with E-state index in [4.69, 9.17) is 11.1 Å². The van der Waals surface area contributed by atoms with E-state index in [0.29, 0.717) is 17.0 Å². The highest BCUT2D eigenvalue weighted by Crippen LogP contribution is 2.34. The van der Waals surface area contributed by atoms with E-state index in [9.17, 15) is 4.79 Å². The normalized spacial score (nSPS) is 15.4. The monoisotopic (exact) mass is 400 g/mol. The Morgan fingerprint density at radius 3 is 2.47 bits per heavy atom. The predicted molar refractivity (Wildman–Crippen MR) is 120 cm³/mol. The summed E-state index contributed by atoms with van der Waals surface area (Å²) in [7, 11) is 0. The molecular weight excluding hydrogens is 376 g/mol. The minimum atomic E-state index is -0.609. The van der Waals surface area contributed by atoms with Crippen molar-refractivity contribution in [1.29, 1.82) is 5.41 Å². The molecule has 0 spiro atoms. The van der Waals surface area contributed by atoms with Gasteiger partial charge in [-0.1, -0.05) is 37.3 Å². The van der Waals surface area contributed by atoms with E-state index in [0.717, 1.165) is 28.9 Å². The minimum Gasteiger partial charge on any atom is -0.398 e. The quantitative estimate of drug-likeness (QED) is 0.321. The number of aromatic nitrogens is 1. The number of hydrogen-bond donors (Lipinski definition) is 5. The van der Waals surface area contributed by atoms with Crippen LogP contribution in [-0.2, 0) is 4.79 Å². The van der Waals surface area contributed by atoms with Crippen molar-refractivity contribution in [2.75, 3.05) is 16.4 Å². The van der Waals surface area contributed by atoms with Crippen LogP contribution in [-0.4, -0.2) is 22.8 Å². The van der Waals surface area contributed by atoms with Gasteiger partial charge in [0.15, 0.2) is 6.17 Å². The Morgan fingerprint density at radius 1 is 1.13 bits per heavy atom. The Morgan fingerprint density at radius 2 is 1.80 bits per heavy atom. The average molecular weight is 400 g/mol. The second-order valence-electron chi connectivity index (χ2n) is 7.20. The average Bonchev–Trinajstić information content (AvgIpc) is 3.20. The van der Waals surface area contributed by atoms with Crippen molar-refractivity contribution in [3.63, 3.8) is 0 Å². The van der Waals surface area contributed by atoms with Crippen LogP contribution in [0.3, 0.4) is 0 Å². The topological polar surface area (TPSA) is 116 Å². The largest absolute Gasteiger partial charge is 0.398 e. The molecule has 0 radical (unpaired) electrons. The van der Waals surface area contributed by atoms with Crippen LogP contribution in [0, 0.1) is 5.41 Å². The van der Waals surface area contributed by atoms with Crippen LogP contribution in [0.15, 0.2) is 67.0 Å². The number of fused-ring (bicyclic) bond motifs is 1. The fourth-order valence-electron chi connectivity index (χ4n) is 3.59. The second kappa shape index (κ2) is 8.24. The van der Waals surface area contributed by atoms with Gasteiger partial charge in [0.1, 0.15) is 0 Å². The molecule has 30 heavy (non-hydrogen) atoms. The molecule has 152 valence electrons. The molecule has 2 heterocycles. The summed E-state index contributed by atoms with van der Waals surface area (Å²) in [6.07, 6.45) is 3.47. The lowest BCUT2D eigenvalue weighted by molar-refractivity contribution is -0.122. The van der Waals surface area contributed by atoms with Crippen LogP contribution in [0.2, 0.25) is 0 Å². The summed E-state index contributed by atoms with van der Waals surface area (Å²) in [5, 5.41) is 18.0. The van der Waals surface area contributed by atoms with Gasteiger partial charge in [0.2, 0.25) is 0 Å². The molecule has 0 saturated heterocycles. The lowest BCUT2D eigenvalue weighted by atomic mass is 10.0. The van der Waals surface area contributed by atoms with Crippen molar-refractivity contribution < 1.29 is 4.79 Å². The maximum absolute atomic E-state index is 12.9. The highest BCUT2D eigenvalue weighted by atomic mass is 16.2.